The third kappa shape index (κ3) is 3.02. The topological polar surface area (TPSA) is 86.5 Å². The molecule has 0 aliphatic heterocycles. The first-order chi connectivity index (χ1) is 10.9. The molecule has 0 saturated heterocycles. The first kappa shape index (κ1) is 16.9. The van der Waals surface area contributed by atoms with Gasteiger partial charge in [-0.3, -0.25) is 19.7 Å². The predicted octanol–water partition coefficient (Wildman–Crippen LogP) is 3.09. The Morgan fingerprint density at radius 3 is 2.83 bits per heavy atom. The number of esters is 1. The number of carbonyl (C=O) groups excluding carboxylic acids is 2. The molecule has 1 aliphatic carbocycles. The van der Waals surface area contributed by atoms with Gasteiger partial charge in [-0.25, -0.2) is 0 Å². The summed E-state index contributed by atoms with van der Waals surface area (Å²) in [6.45, 7) is 4.96. The SMILES string of the molecule is C=CC[C@]1(c2ccccc2[N+](=O)[O-])C(=O)CCC[C@@H]1OC(C)=O. The molecule has 1 aliphatic rings. The summed E-state index contributed by atoms with van der Waals surface area (Å²) >= 11 is 0. The Morgan fingerprint density at radius 1 is 1.52 bits per heavy atom. The number of benzene rings is 1. The molecule has 0 aromatic heterocycles. The van der Waals surface area contributed by atoms with Crippen LogP contribution >= 0.6 is 0 Å². The van der Waals surface area contributed by atoms with Crippen molar-refractivity contribution < 1.29 is 19.2 Å². The molecule has 0 spiro atoms. The van der Waals surface area contributed by atoms with E-state index in [0.717, 1.165) is 0 Å². The summed E-state index contributed by atoms with van der Waals surface area (Å²) in [6, 6.07) is 6.14. The third-order valence-corrected chi connectivity index (χ3v) is 4.27. The van der Waals surface area contributed by atoms with E-state index < -0.39 is 22.4 Å². The van der Waals surface area contributed by atoms with Crippen LogP contribution in [0.2, 0.25) is 0 Å². The minimum Gasteiger partial charge on any atom is -0.461 e. The van der Waals surface area contributed by atoms with E-state index in [9.17, 15) is 19.7 Å². The van der Waals surface area contributed by atoms with Gasteiger partial charge in [-0.1, -0.05) is 24.3 Å². The molecule has 1 aromatic carbocycles. The van der Waals surface area contributed by atoms with E-state index in [4.69, 9.17) is 4.74 Å². The van der Waals surface area contributed by atoms with E-state index >= 15 is 0 Å². The summed E-state index contributed by atoms with van der Waals surface area (Å²) in [4.78, 5) is 35.2. The average molecular weight is 317 g/mol. The zero-order valence-corrected chi connectivity index (χ0v) is 13.0. The Kier molecular flexibility index (Phi) is 4.93. The highest BCUT2D eigenvalue weighted by Crippen LogP contribution is 2.45. The van der Waals surface area contributed by atoms with E-state index in [-0.39, 0.29) is 17.9 Å². The number of carbonyl (C=O) groups is 2. The minimum atomic E-state index is -1.24. The number of para-hydroxylation sites is 1. The fourth-order valence-electron chi connectivity index (χ4n) is 3.37. The van der Waals surface area contributed by atoms with Crippen molar-refractivity contribution in [3.63, 3.8) is 0 Å². The normalized spacial score (nSPS) is 24.0. The monoisotopic (exact) mass is 317 g/mol. The lowest BCUT2D eigenvalue weighted by molar-refractivity contribution is -0.386. The van der Waals surface area contributed by atoms with E-state index in [2.05, 4.69) is 6.58 Å². The molecule has 0 amide bonds. The molecule has 1 saturated carbocycles. The Hall–Kier alpha value is -2.50. The molecule has 6 nitrogen and oxygen atoms in total. The van der Waals surface area contributed by atoms with Crippen molar-refractivity contribution in [2.75, 3.05) is 0 Å². The van der Waals surface area contributed by atoms with Crippen LogP contribution in [0.3, 0.4) is 0 Å². The first-order valence-electron chi connectivity index (χ1n) is 7.48. The highest BCUT2D eigenvalue weighted by atomic mass is 16.6. The van der Waals surface area contributed by atoms with Crippen molar-refractivity contribution in [3.8, 4) is 0 Å². The molecule has 0 bridgehead atoms. The minimum absolute atomic E-state index is 0.137. The number of hydrogen-bond acceptors (Lipinski definition) is 5. The van der Waals surface area contributed by atoms with Gasteiger partial charge in [0.05, 0.1) is 4.92 Å². The van der Waals surface area contributed by atoms with Crippen LogP contribution in [-0.2, 0) is 19.7 Å². The number of ether oxygens (including phenoxy) is 1. The molecule has 0 heterocycles. The molecule has 23 heavy (non-hydrogen) atoms. The lowest BCUT2D eigenvalue weighted by Gasteiger charge is -2.41. The Bertz CT molecular complexity index is 654. The Labute approximate surface area is 134 Å². The lowest BCUT2D eigenvalue weighted by atomic mass is 9.64. The second-order valence-electron chi connectivity index (χ2n) is 5.65. The summed E-state index contributed by atoms with van der Waals surface area (Å²) < 4.78 is 5.39. The maximum Gasteiger partial charge on any atom is 0.302 e. The van der Waals surface area contributed by atoms with Gasteiger partial charge in [0.1, 0.15) is 17.3 Å². The molecule has 0 radical (unpaired) electrons. The molecule has 0 N–H and O–H groups in total. The number of nitro benzene ring substituents is 1. The summed E-state index contributed by atoms with van der Waals surface area (Å²) in [5.74, 6) is -0.652. The van der Waals surface area contributed by atoms with Gasteiger partial charge in [0.15, 0.2) is 0 Å². The molecule has 1 aromatic rings. The summed E-state index contributed by atoms with van der Waals surface area (Å²) in [5.41, 5.74) is -1.09. The number of Topliss-reactive ketones (excluding diaryl/α,β-unsaturated/α-hetero) is 1. The number of nitro groups is 1. The van der Waals surface area contributed by atoms with Crippen molar-refractivity contribution in [2.24, 2.45) is 0 Å². The molecule has 2 rings (SSSR count). The standard InChI is InChI=1S/C17H19NO5/c1-3-11-17(13-7-4-5-8-14(13)18(21)22)15(20)9-6-10-16(17)23-12(2)19/h3-5,7-8,16H,1,6,9-11H2,2H3/t16-,17-/m0/s1. The van der Waals surface area contributed by atoms with E-state index in [1.165, 1.54) is 13.0 Å². The van der Waals surface area contributed by atoms with Crippen molar-refractivity contribution in [2.45, 2.75) is 44.1 Å². The van der Waals surface area contributed by atoms with Crippen molar-refractivity contribution in [3.05, 3.63) is 52.6 Å². The van der Waals surface area contributed by atoms with Crippen LogP contribution in [0.4, 0.5) is 5.69 Å². The average Bonchev–Trinajstić information content (AvgIpc) is 2.50. The van der Waals surface area contributed by atoms with Crippen LogP contribution in [0.5, 0.6) is 0 Å². The highest BCUT2D eigenvalue weighted by Gasteiger charge is 2.52. The van der Waals surface area contributed by atoms with Gasteiger partial charge >= 0.3 is 5.97 Å². The van der Waals surface area contributed by atoms with Gasteiger partial charge in [0.25, 0.3) is 5.69 Å². The molecular formula is C17H19NO5. The number of ketones is 1. The van der Waals surface area contributed by atoms with Crippen LogP contribution in [-0.4, -0.2) is 22.8 Å². The third-order valence-electron chi connectivity index (χ3n) is 4.27. The largest absolute Gasteiger partial charge is 0.461 e. The summed E-state index contributed by atoms with van der Waals surface area (Å²) in [6.07, 6.45) is 2.41. The lowest BCUT2D eigenvalue weighted by Crippen LogP contribution is -2.51. The highest BCUT2D eigenvalue weighted by molar-refractivity contribution is 5.93. The van der Waals surface area contributed by atoms with Crippen LogP contribution in [0.1, 0.15) is 38.2 Å². The van der Waals surface area contributed by atoms with Crippen LogP contribution < -0.4 is 0 Å². The maximum atomic E-state index is 12.8. The van der Waals surface area contributed by atoms with Gasteiger partial charge in [-0.15, -0.1) is 6.58 Å². The molecule has 2 atom stereocenters. The van der Waals surface area contributed by atoms with Crippen LogP contribution in [0.25, 0.3) is 0 Å². The predicted molar refractivity (Wildman–Crippen MR) is 84.0 cm³/mol. The first-order valence-corrected chi connectivity index (χ1v) is 7.48. The summed E-state index contributed by atoms with van der Waals surface area (Å²) in [5, 5.41) is 11.4. The van der Waals surface area contributed by atoms with Gasteiger partial charge in [-0.05, 0) is 19.3 Å². The molecule has 0 unspecified atom stereocenters. The Morgan fingerprint density at radius 2 is 2.22 bits per heavy atom. The van der Waals surface area contributed by atoms with E-state index in [0.29, 0.717) is 24.8 Å². The number of hydrogen-bond donors (Lipinski definition) is 0. The maximum absolute atomic E-state index is 12.8. The van der Waals surface area contributed by atoms with Gasteiger partial charge in [-0.2, -0.15) is 0 Å². The molecular weight excluding hydrogens is 298 g/mol. The van der Waals surface area contributed by atoms with Gasteiger partial charge < -0.3 is 4.74 Å². The second-order valence-corrected chi connectivity index (χ2v) is 5.65. The van der Waals surface area contributed by atoms with E-state index in [1.54, 1.807) is 24.3 Å². The fraction of sp³-hybridized carbons (Fsp3) is 0.412. The van der Waals surface area contributed by atoms with Crippen LogP contribution in [0.15, 0.2) is 36.9 Å². The molecule has 122 valence electrons. The van der Waals surface area contributed by atoms with E-state index in [1.807, 2.05) is 0 Å². The van der Waals surface area contributed by atoms with Gasteiger partial charge in [0, 0.05) is 25.0 Å². The number of rotatable bonds is 5. The second kappa shape index (κ2) is 6.73. The van der Waals surface area contributed by atoms with Gasteiger partial charge in [0.2, 0.25) is 0 Å². The summed E-state index contributed by atoms with van der Waals surface area (Å²) in [7, 11) is 0. The molecule has 1 fully saturated rings. The zero-order chi connectivity index (χ0) is 17.0. The van der Waals surface area contributed by atoms with Crippen molar-refractivity contribution in [1.82, 2.24) is 0 Å². The number of nitrogens with zero attached hydrogens (tertiary/aromatic N) is 1. The molecule has 6 heteroatoms. The zero-order valence-electron chi connectivity index (χ0n) is 13.0. The van der Waals surface area contributed by atoms with Crippen molar-refractivity contribution >= 4 is 17.4 Å². The fourth-order valence-corrected chi connectivity index (χ4v) is 3.37. The van der Waals surface area contributed by atoms with Crippen molar-refractivity contribution in [1.29, 1.82) is 0 Å². The number of allylic oxidation sites excluding steroid dienone is 1. The smallest absolute Gasteiger partial charge is 0.302 e. The quantitative estimate of drug-likeness (QED) is 0.360. The Balaban J connectivity index is 2.68. The van der Waals surface area contributed by atoms with Crippen LogP contribution in [0, 0.1) is 10.1 Å².